The number of carbonyl (C=O) groups is 1. The van der Waals surface area contributed by atoms with E-state index in [0.717, 1.165) is 0 Å². The normalized spacial score (nSPS) is 12.6. The lowest BCUT2D eigenvalue weighted by Gasteiger charge is -2.20. The van der Waals surface area contributed by atoms with Gasteiger partial charge in [0, 0.05) is 5.56 Å². The molecule has 108 valence electrons. The Morgan fingerprint density at radius 3 is 2.77 bits per heavy atom. The van der Waals surface area contributed by atoms with Crippen LogP contribution in [0.5, 0.6) is 5.75 Å². The first kappa shape index (κ1) is 13.8. The standard InChI is InChI=1S/C17H10FNO3/c1-19-15-9-11(18)3-4-13(15)12-6-7-22-16-5-2-10(17(20)21)8-14(12)16/h2-6,8-9H,7H2,(H,20,21). The van der Waals surface area contributed by atoms with Crippen LogP contribution in [0.15, 0.2) is 42.5 Å². The molecule has 0 amide bonds. The Morgan fingerprint density at radius 2 is 2.05 bits per heavy atom. The molecule has 5 heteroatoms. The maximum Gasteiger partial charge on any atom is 0.335 e. The summed E-state index contributed by atoms with van der Waals surface area (Å²) in [5.41, 5.74) is 2.13. The second kappa shape index (κ2) is 5.34. The Bertz CT molecular complexity index is 849. The van der Waals surface area contributed by atoms with Gasteiger partial charge in [0.2, 0.25) is 0 Å². The lowest BCUT2D eigenvalue weighted by Crippen LogP contribution is -2.07. The Hall–Kier alpha value is -3.13. The van der Waals surface area contributed by atoms with Crippen LogP contribution in [0.1, 0.15) is 21.5 Å². The van der Waals surface area contributed by atoms with E-state index in [-0.39, 0.29) is 11.3 Å². The highest BCUT2D eigenvalue weighted by Crippen LogP contribution is 2.38. The van der Waals surface area contributed by atoms with E-state index in [9.17, 15) is 9.18 Å². The molecule has 0 aliphatic carbocycles. The van der Waals surface area contributed by atoms with Crippen LogP contribution >= 0.6 is 0 Å². The summed E-state index contributed by atoms with van der Waals surface area (Å²) in [5.74, 6) is -0.984. The van der Waals surface area contributed by atoms with Crippen LogP contribution in [0, 0.1) is 12.4 Å². The fourth-order valence-electron chi connectivity index (χ4n) is 2.40. The third kappa shape index (κ3) is 2.31. The van der Waals surface area contributed by atoms with Crippen LogP contribution in [0.3, 0.4) is 0 Å². The van der Waals surface area contributed by atoms with E-state index in [1.165, 1.54) is 30.3 Å². The van der Waals surface area contributed by atoms with E-state index < -0.39 is 11.8 Å². The largest absolute Gasteiger partial charge is 0.489 e. The van der Waals surface area contributed by atoms with E-state index in [2.05, 4.69) is 4.85 Å². The molecule has 0 bridgehead atoms. The van der Waals surface area contributed by atoms with Crippen molar-refractivity contribution in [2.75, 3.05) is 6.61 Å². The fourth-order valence-corrected chi connectivity index (χ4v) is 2.40. The Morgan fingerprint density at radius 1 is 1.23 bits per heavy atom. The first-order valence-electron chi connectivity index (χ1n) is 6.48. The maximum absolute atomic E-state index is 13.3. The third-order valence-corrected chi connectivity index (χ3v) is 3.41. The van der Waals surface area contributed by atoms with Crippen molar-refractivity contribution in [1.29, 1.82) is 0 Å². The van der Waals surface area contributed by atoms with Gasteiger partial charge in [-0.3, -0.25) is 0 Å². The van der Waals surface area contributed by atoms with Crippen molar-refractivity contribution in [2.24, 2.45) is 0 Å². The summed E-state index contributed by atoms with van der Waals surface area (Å²) in [4.78, 5) is 14.5. The van der Waals surface area contributed by atoms with E-state index in [4.69, 9.17) is 16.4 Å². The molecule has 1 heterocycles. The summed E-state index contributed by atoms with van der Waals surface area (Å²) in [6, 6.07) is 8.52. The van der Waals surface area contributed by atoms with Gasteiger partial charge in [0.25, 0.3) is 0 Å². The van der Waals surface area contributed by atoms with Crippen molar-refractivity contribution in [2.45, 2.75) is 0 Å². The molecule has 0 fully saturated rings. The minimum Gasteiger partial charge on any atom is -0.489 e. The monoisotopic (exact) mass is 295 g/mol. The van der Waals surface area contributed by atoms with Crippen LogP contribution in [0.25, 0.3) is 10.4 Å². The summed E-state index contributed by atoms with van der Waals surface area (Å²) in [6.45, 7) is 7.51. The molecule has 4 nitrogen and oxygen atoms in total. The predicted octanol–water partition coefficient (Wildman–Crippen LogP) is 3.90. The summed E-state index contributed by atoms with van der Waals surface area (Å²) in [6.07, 6.45) is 1.76. The second-order valence-electron chi connectivity index (χ2n) is 4.72. The first-order chi connectivity index (χ1) is 10.6. The number of fused-ring (bicyclic) bond motifs is 1. The average Bonchev–Trinajstić information content (AvgIpc) is 2.53. The van der Waals surface area contributed by atoms with Gasteiger partial charge in [-0.1, -0.05) is 6.07 Å². The molecule has 0 unspecified atom stereocenters. The fraction of sp³-hybridized carbons (Fsp3) is 0.0588. The molecule has 0 saturated carbocycles. The number of halogens is 1. The zero-order chi connectivity index (χ0) is 15.7. The van der Waals surface area contributed by atoms with Crippen LogP contribution < -0.4 is 4.74 Å². The Balaban J connectivity index is 2.19. The molecular formula is C17H10FNO3. The summed E-state index contributed by atoms with van der Waals surface area (Å²) in [5, 5.41) is 9.12. The number of carboxylic acid groups (broad SMARTS) is 1. The zero-order valence-corrected chi connectivity index (χ0v) is 11.3. The number of carboxylic acids is 1. The van der Waals surface area contributed by atoms with E-state index >= 15 is 0 Å². The number of hydrogen-bond acceptors (Lipinski definition) is 2. The minimum atomic E-state index is -1.04. The van der Waals surface area contributed by atoms with Crippen LogP contribution in [-0.4, -0.2) is 17.7 Å². The van der Waals surface area contributed by atoms with E-state index in [0.29, 0.717) is 29.1 Å². The van der Waals surface area contributed by atoms with E-state index in [1.54, 1.807) is 12.1 Å². The Labute approximate surface area is 125 Å². The van der Waals surface area contributed by atoms with Gasteiger partial charge >= 0.3 is 5.97 Å². The van der Waals surface area contributed by atoms with Gasteiger partial charge in [-0.15, -0.1) is 0 Å². The molecular weight excluding hydrogens is 285 g/mol. The van der Waals surface area contributed by atoms with Crippen LogP contribution in [-0.2, 0) is 0 Å². The highest BCUT2D eigenvalue weighted by Gasteiger charge is 2.20. The predicted molar refractivity (Wildman–Crippen MR) is 78.6 cm³/mol. The topological polar surface area (TPSA) is 50.9 Å². The molecule has 1 aliphatic heterocycles. The average molecular weight is 295 g/mol. The number of rotatable bonds is 2. The summed E-state index contributed by atoms with van der Waals surface area (Å²) in [7, 11) is 0. The Kier molecular flexibility index (Phi) is 3.36. The van der Waals surface area contributed by atoms with Gasteiger partial charge in [0.15, 0.2) is 5.69 Å². The lowest BCUT2D eigenvalue weighted by atomic mass is 9.93. The molecule has 0 atom stereocenters. The maximum atomic E-state index is 13.3. The molecule has 3 rings (SSSR count). The van der Waals surface area contributed by atoms with Gasteiger partial charge in [-0.25, -0.2) is 14.0 Å². The van der Waals surface area contributed by atoms with Gasteiger partial charge in [0.1, 0.15) is 18.2 Å². The van der Waals surface area contributed by atoms with Crippen molar-refractivity contribution >= 4 is 17.2 Å². The highest BCUT2D eigenvalue weighted by molar-refractivity contribution is 5.94. The lowest BCUT2D eigenvalue weighted by molar-refractivity contribution is 0.0697. The molecule has 1 aliphatic rings. The van der Waals surface area contributed by atoms with Crippen molar-refractivity contribution in [3.8, 4) is 5.75 Å². The van der Waals surface area contributed by atoms with Crippen molar-refractivity contribution in [1.82, 2.24) is 0 Å². The van der Waals surface area contributed by atoms with Crippen molar-refractivity contribution in [3.05, 3.63) is 76.4 Å². The molecule has 1 N–H and O–H groups in total. The van der Waals surface area contributed by atoms with E-state index in [1.807, 2.05) is 0 Å². The number of benzene rings is 2. The van der Waals surface area contributed by atoms with Crippen molar-refractivity contribution in [3.63, 3.8) is 0 Å². The first-order valence-corrected chi connectivity index (χ1v) is 6.48. The number of aromatic carboxylic acids is 1. The molecule has 0 radical (unpaired) electrons. The zero-order valence-electron chi connectivity index (χ0n) is 11.3. The van der Waals surface area contributed by atoms with Gasteiger partial charge in [-0.2, -0.15) is 0 Å². The highest BCUT2D eigenvalue weighted by atomic mass is 19.1. The molecule has 2 aromatic carbocycles. The summed E-state index contributed by atoms with van der Waals surface area (Å²) >= 11 is 0. The molecule has 22 heavy (non-hydrogen) atoms. The van der Waals surface area contributed by atoms with Gasteiger partial charge < -0.3 is 9.84 Å². The minimum absolute atomic E-state index is 0.127. The molecule has 0 saturated heterocycles. The molecule has 0 aromatic heterocycles. The summed E-state index contributed by atoms with van der Waals surface area (Å²) < 4.78 is 18.8. The second-order valence-corrected chi connectivity index (χ2v) is 4.72. The molecule has 2 aromatic rings. The number of nitrogens with zero attached hydrogens (tertiary/aromatic N) is 1. The smallest absolute Gasteiger partial charge is 0.335 e. The quantitative estimate of drug-likeness (QED) is 0.855. The van der Waals surface area contributed by atoms with Gasteiger partial charge in [-0.05, 0) is 47.5 Å². The van der Waals surface area contributed by atoms with Crippen molar-refractivity contribution < 1.29 is 19.0 Å². The third-order valence-electron chi connectivity index (χ3n) is 3.41. The number of ether oxygens (including phenoxy) is 1. The van der Waals surface area contributed by atoms with Gasteiger partial charge in [0.05, 0.1) is 12.1 Å². The van der Waals surface area contributed by atoms with Crippen LogP contribution in [0.4, 0.5) is 10.1 Å². The SMILES string of the molecule is [C-]#[N+]c1cc(F)ccc1C1=CCOc2ccc(C(=O)O)cc21. The number of hydrogen-bond donors (Lipinski definition) is 1. The molecule has 0 spiro atoms. The van der Waals surface area contributed by atoms with Crippen LogP contribution in [0.2, 0.25) is 0 Å².